The Morgan fingerprint density at radius 1 is 1.23 bits per heavy atom. The highest BCUT2D eigenvalue weighted by Crippen LogP contribution is 2.41. The fourth-order valence-corrected chi connectivity index (χ4v) is 6.36. The molecule has 0 aromatic heterocycles. The highest BCUT2D eigenvalue weighted by molar-refractivity contribution is 7.89. The van der Waals surface area contributed by atoms with Gasteiger partial charge in [-0.25, -0.2) is 8.42 Å². The van der Waals surface area contributed by atoms with Gasteiger partial charge in [0.05, 0.1) is 5.75 Å². The molecule has 0 aromatic rings. The average Bonchev–Trinajstić information content (AvgIpc) is 3.12. The van der Waals surface area contributed by atoms with Gasteiger partial charge in [-0.1, -0.05) is 12.8 Å². The average molecular weight is 331 g/mol. The lowest BCUT2D eigenvalue weighted by Crippen LogP contribution is -2.47. The van der Waals surface area contributed by atoms with Gasteiger partial charge in [0.25, 0.3) is 0 Å². The first-order valence-corrected chi connectivity index (χ1v) is 9.91. The summed E-state index contributed by atoms with van der Waals surface area (Å²) >= 11 is 0. The van der Waals surface area contributed by atoms with Crippen LogP contribution in [0.1, 0.15) is 44.9 Å². The van der Waals surface area contributed by atoms with Crippen LogP contribution in [0.2, 0.25) is 0 Å². The van der Waals surface area contributed by atoms with E-state index >= 15 is 0 Å². The van der Waals surface area contributed by atoms with Crippen molar-refractivity contribution in [3.8, 4) is 0 Å². The number of hydrogen-bond acceptors (Lipinski definition) is 4. The molecule has 0 bridgehead atoms. The molecule has 0 spiro atoms. The monoisotopic (exact) mass is 331 g/mol. The van der Waals surface area contributed by atoms with Crippen LogP contribution < -0.4 is 0 Å². The second-order valence-corrected chi connectivity index (χ2v) is 8.86. The Hall–Kier alpha value is -0.660. The third-order valence-electron chi connectivity index (χ3n) is 5.44. The van der Waals surface area contributed by atoms with Gasteiger partial charge in [-0.2, -0.15) is 4.31 Å². The quantitative estimate of drug-likeness (QED) is 0.824. The summed E-state index contributed by atoms with van der Waals surface area (Å²) < 4.78 is 32.2. The van der Waals surface area contributed by atoms with Crippen LogP contribution in [-0.4, -0.2) is 54.8 Å². The van der Waals surface area contributed by atoms with Crippen LogP contribution in [0.4, 0.5) is 0 Å². The van der Waals surface area contributed by atoms with Crippen molar-refractivity contribution in [3.63, 3.8) is 0 Å². The molecular formula is C15H25NO5S. The van der Waals surface area contributed by atoms with E-state index in [-0.39, 0.29) is 17.7 Å². The summed E-state index contributed by atoms with van der Waals surface area (Å²) in [6.07, 6.45) is 5.80. The number of carboxylic acids is 1. The van der Waals surface area contributed by atoms with E-state index in [1.54, 1.807) is 0 Å². The zero-order valence-corrected chi connectivity index (χ0v) is 13.6. The molecule has 4 unspecified atom stereocenters. The molecule has 3 rings (SSSR count). The zero-order valence-electron chi connectivity index (χ0n) is 12.8. The van der Waals surface area contributed by atoms with E-state index in [1.807, 2.05) is 0 Å². The maximum absolute atomic E-state index is 12.8. The van der Waals surface area contributed by atoms with Crippen LogP contribution in [0.15, 0.2) is 0 Å². The van der Waals surface area contributed by atoms with Crippen LogP contribution >= 0.6 is 0 Å². The van der Waals surface area contributed by atoms with Gasteiger partial charge < -0.3 is 9.84 Å². The molecule has 126 valence electrons. The lowest BCUT2D eigenvalue weighted by Gasteiger charge is -2.32. The summed E-state index contributed by atoms with van der Waals surface area (Å²) in [5.41, 5.74) is 0. The van der Waals surface area contributed by atoms with Gasteiger partial charge in [0.2, 0.25) is 10.0 Å². The van der Waals surface area contributed by atoms with E-state index < -0.39 is 22.0 Å². The molecule has 2 heterocycles. The van der Waals surface area contributed by atoms with Crippen molar-refractivity contribution < 1.29 is 23.1 Å². The van der Waals surface area contributed by atoms with Crippen molar-refractivity contribution in [2.24, 2.45) is 11.8 Å². The summed E-state index contributed by atoms with van der Waals surface area (Å²) in [6.45, 7) is 1.33. The normalized spacial score (nSPS) is 36.4. The van der Waals surface area contributed by atoms with Gasteiger partial charge in [-0.3, -0.25) is 4.79 Å². The first-order valence-electron chi connectivity index (χ1n) is 8.31. The number of rotatable bonds is 5. The minimum atomic E-state index is -3.52. The van der Waals surface area contributed by atoms with E-state index in [0.717, 1.165) is 32.1 Å². The summed E-state index contributed by atoms with van der Waals surface area (Å²) in [4.78, 5) is 11.5. The molecular weight excluding hydrogens is 306 g/mol. The molecule has 1 N–H and O–H groups in total. The molecule has 1 aliphatic carbocycles. The fraction of sp³-hybridized carbons (Fsp3) is 0.933. The molecule has 6 nitrogen and oxygen atoms in total. The van der Waals surface area contributed by atoms with Crippen molar-refractivity contribution in [2.75, 3.05) is 19.0 Å². The Balaban J connectivity index is 1.74. The molecule has 0 aromatic carbocycles. The van der Waals surface area contributed by atoms with Crippen LogP contribution in [0.5, 0.6) is 0 Å². The number of ether oxygens (including phenoxy) is 1. The largest absolute Gasteiger partial charge is 0.480 e. The third kappa shape index (κ3) is 3.16. The summed E-state index contributed by atoms with van der Waals surface area (Å²) in [5.74, 6) is -0.432. The maximum atomic E-state index is 12.8. The van der Waals surface area contributed by atoms with Gasteiger partial charge in [0.15, 0.2) is 0 Å². The summed E-state index contributed by atoms with van der Waals surface area (Å²) in [7, 11) is -3.52. The number of carbonyl (C=O) groups is 1. The predicted molar refractivity (Wildman–Crippen MR) is 81.0 cm³/mol. The third-order valence-corrected chi connectivity index (χ3v) is 7.36. The Kier molecular flexibility index (Phi) is 4.75. The highest BCUT2D eigenvalue weighted by atomic mass is 32.2. The van der Waals surface area contributed by atoms with E-state index in [0.29, 0.717) is 32.0 Å². The van der Waals surface area contributed by atoms with Gasteiger partial charge in [0, 0.05) is 19.3 Å². The van der Waals surface area contributed by atoms with Crippen LogP contribution in [0.25, 0.3) is 0 Å². The van der Waals surface area contributed by atoms with Crippen molar-refractivity contribution in [1.82, 2.24) is 4.31 Å². The molecule has 4 atom stereocenters. The van der Waals surface area contributed by atoms with Gasteiger partial charge in [-0.15, -0.1) is 0 Å². The first-order chi connectivity index (χ1) is 10.5. The Morgan fingerprint density at radius 3 is 2.68 bits per heavy atom. The van der Waals surface area contributed by atoms with E-state index in [9.17, 15) is 18.3 Å². The topological polar surface area (TPSA) is 83.9 Å². The van der Waals surface area contributed by atoms with Crippen LogP contribution in [0, 0.1) is 11.8 Å². The molecule has 1 saturated carbocycles. The van der Waals surface area contributed by atoms with Crippen molar-refractivity contribution in [2.45, 2.75) is 57.0 Å². The molecule has 22 heavy (non-hydrogen) atoms. The van der Waals surface area contributed by atoms with Crippen LogP contribution in [0.3, 0.4) is 0 Å². The minimum absolute atomic E-state index is 0.0496. The highest BCUT2D eigenvalue weighted by Gasteiger charge is 2.50. The van der Waals surface area contributed by atoms with Crippen molar-refractivity contribution in [3.05, 3.63) is 0 Å². The SMILES string of the molecule is O=C(O)C1CC2CCCCC2N1S(=O)(=O)CCC1CCOC1. The fourth-order valence-electron chi connectivity index (χ4n) is 4.26. The molecule has 3 aliphatic rings. The lowest BCUT2D eigenvalue weighted by molar-refractivity contribution is -0.141. The number of fused-ring (bicyclic) bond motifs is 1. The van der Waals surface area contributed by atoms with Gasteiger partial charge in [-0.05, 0) is 43.9 Å². The van der Waals surface area contributed by atoms with Crippen molar-refractivity contribution >= 4 is 16.0 Å². The van der Waals surface area contributed by atoms with E-state index in [1.165, 1.54) is 4.31 Å². The smallest absolute Gasteiger partial charge is 0.322 e. The van der Waals surface area contributed by atoms with E-state index in [2.05, 4.69) is 0 Å². The van der Waals surface area contributed by atoms with Gasteiger partial charge >= 0.3 is 5.97 Å². The lowest BCUT2D eigenvalue weighted by atomic mass is 9.85. The zero-order chi connectivity index (χ0) is 15.7. The Labute approximate surface area is 131 Å². The summed E-state index contributed by atoms with van der Waals surface area (Å²) in [5, 5.41) is 9.45. The molecule has 0 radical (unpaired) electrons. The van der Waals surface area contributed by atoms with Crippen molar-refractivity contribution in [1.29, 1.82) is 0 Å². The minimum Gasteiger partial charge on any atom is -0.480 e. The number of sulfonamides is 1. The number of hydrogen-bond donors (Lipinski definition) is 1. The second kappa shape index (κ2) is 6.45. The van der Waals surface area contributed by atoms with E-state index in [4.69, 9.17) is 4.74 Å². The Bertz CT molecular complexity index is 514. The maximum Gasteiger partial charge on any atom is 0.322 e. The van der Waals surface area contributed by atoms with Gasteiger partial charge in [0.1, 0.15) is 6.04 Å². The molecule has 0 amide bonds. The Morgan fingerprint density at radius 2 is 2.00 bits per heavy atom. The number of aliphatic carboxylic acids is 1. The molecule has 2 aliphatic heterocycles. The predicted octanol–water partition coefficient (Wildman–Crippen LogP) is 1.46. The summed E-state index contributed by atoms with van der Waals surface area (Å²) in [6, 6.07) is -0.961. The molecule has 2 saturated heterocycles. The van der Waals surface area contributed by atoms with Crippen LogP contribution in [-0.2, 0) is 19.6 Å². The second-order valence-electron chi connectivity index (χ2n) is 6.87. The first kappa shape index (κ1) is 16.2. The molecule has 7 heteroatoms. The number of nitrogens with zero attached hydrogens (tertiary/aromatic N) is 1. The standard InChI is InChI=1S/C15H25NO5S/c17-15(18)14-9-12-3-1-2-4-13(12)16(14)22(19,20)8-6-11-5-7-21-10-11/h11-14H,1-10H2,(H,17,18). The number of carboxylic acid groups (broad SMARTS) is 1. The molecule has 3 fully saturated rings.